The standard InChI is InChI=1S/C14H15F3N/c1-18(2,10-14(15,16)17)13-9-5-7-11-6-3-4-8-12(11)13/h3-9H,10H2,1-2H3/q+1. The molecule has 0 aliphatic carbocycles. The van der Waals surface area contributed by atoms with E-state index in [4.69, 9.17) is 0 Å². The summed E-state index contributed by atoms with van der Waals surface area (Å²) in [6.45, 7) is -0.874. The van der Waals surface area contributed by atoms with Crippen LogP contribution in [-0.4, -0.2) is 26.8 Å². The maximum Gasteiger partial charge on any atom is 0.438 e. The summed E-state index contributed by atoms with van der Waals surface area (Å²) in [4.78, 5) is 0. The average molecular weight is 254 g/mol. The number of benzene rings is 2. The molecule has 0 radical (unpaired) electrons. The van der Waals surface area contributed by atoms with Crippen molar-refractivity contribution in [2.45, 2.75) is 6.18 Å². The fourth-order valence-electron chi connectivity index (χ4n) is 2.27. The molecule has 2 rings (SSSR count). The predicted octanol–water partition coefficient (Wildman–Crippen LogP) is 3.97. The van der Waals surface area contributed by atoms with E-state index in [0.717, 1.165) is 10.8 Å². The minimum absolute atomic E-state index is 0.204. The molecule has 2 aromatic rings. The number of hydrogen-bond donors (Lipinski definition) is 0. The second-order valence-corrected chi connectivity index (χ2v) is 4.96. The Labute approximate surface area is 104 Å². The van der Waals surface area contributed by atoms with Crippen molar-refractivity contribution in [1.82, 2.24) is 4.48 Å². The lowest BCUT2D eigenvalue weighted by molar-refractivity contribution is -0.138. The van der Waals surface area contributed by atoms with Crippen molar-refractivity contribution in [2.24, 2.45) is 0 Å². The van der Waals surface area contributed by atoms with Crippen molar-refractivity contribution >= 4 is 16.5 Å². The van der Waals surface area contributed by atoms with Gasteiger partial charge in [-0.25, -0.2) is 0 Å². The van der Waals surface area contributed by atoms with E-state index in [2.05, 4.69) is 0 Å². The molecule has 0 N–H and O–H groups in total. The van der Waals surface area contributed by atoms with E-state index in [1.165, 1.54) is 0 Å². The first-order chi connectivity index (χ1) is 8.30. The Kier molecular flexibility index (Phi) is 3.07. The molecular formula is C14H15F3N+. The van der Waals surface area contributed by atoms with Gasteiger partial charge in [0.15, 0.2) is 6.54 Å². The number of alkyl halides is 3. The lowest BCUT2D eigenvalue weighted by Crippen LogP contribution is -2.47. The molecule has 0 aromatic heterocycles. The van der Waals surface area contributed by atoms with Gasteiger partial charge >= 0.3 is 6.18 Å². The molecule has 2 aromatic carbocycles. The van der Waals surface area contributed by atoms with Crippen molar-refractivity contribution in [2.75, 3.05) is 20.6 Å². The van der Waals surface area contributed by atoms with Crippen LogP contribution >= 0.6 is 0 Å². The van der Waals surface area contributed by atoms with E-state index >= 15 is 0 Å². The SMILES string of the molecule is C[N+](C)(CC(F)(F)F)c1cccc2ccccc12. The number of quaternary nitrogens is 1. The van der Waals surface area contributed by atoms with Gasteiger partial charge in [-0.1, -0.05) is 30.3 Å². The highest BCUT2D eigenvalue weighted by Gasteiger charge is 2.39. The van der Waals surface area contributed by atoms with Crippen LogP contribution in [0.1, 0.15) is 0 Å². The number of nitrogens with zero attached hydrogens (tertiary/aromatic N) is 1. The highest BCUT2D eigenvalue weighted by atomic mass is 19.4. The molecule has 96 valence electrons. The largest absolute Gasteiger partial charge is 0.438 e. The molecule has 1 nitrogen and oxygen atoms in total. The van der Waals surface area contributed by atoms with Gasteiger partial charge in [0.05, 0.1) is 14.1 Å². The predicted molar refractivity (Wildman–Crippen MR) is 68.5 cm³/mol. The zero-order valence-corrected chi connectivity index (χ0v) is 10.3. The quantitative estimate of drug-likeness (QED) is 0.711. The summed E-state index contributed by atoms with van der Waals surface area (Å²) in [5.41, 5.74) is 0.686. The van der Waals surface area contributed by atoms with Gasteiger partial charge in [-0.2, -0.15) is 13.2 Å². The Balaban J connectivity index is 2.53. The van der Waals surface area contributed by atoms with E-state index in [1.807, 2.05) is 30.3 Å². The zero-order valence-electron chi connectivity index (χ0n) is 10.3. The molecule has 0 fully saturated rings. The molecule has 0 aliphatic rings. The van der Waals surface area contributed by atoms with Gasteiger partial charge in [0.25, 0.3) is 0 Å². The molecule has 0 saturated heterocycles. The molecule has 0 unspecified atom stereocenters. The third kappa shape index (κ3) is 2.64. The first kappa shape index (κ1) is 12.9. The van der Waals surface area contributed by atoms with Gasteiger partial charge in [0.1, 0.15) is 5.69 Å². The highest BCUT2D eigenvalue weighted by molar-refractivity contribution is 5.93. The Hall–Kier alpha value is -1.55. The van der Waals surface area contributed by atoms with E-state index in [1.54, 1.807) is 26.2 Å². The molecule has 18 heavy (non-hydrogen) atoms. The molecule has 0 atom stereocenters. The van der Waals surface area contributed by atoms with E-state index in [9.17, 15) is 13.2 Å². The Morgan fingerprint density at radius 2 is 1.56 bits per heavy atom. The summed E-state index contributed by atoms with van der Waals surface area (Å²) in [6.07, 6.45) is -4.18. The molecule has 0 saturated carbocycles. The molecule has 0 aliphatic heterocycles. The molecular weight excluding hydrogens is 239 g/mol. The van der Waals surface area contributed by atoms with E-state index < -0.39 is 12.7 Å². The van der Waals surface area contributed by atoms with E-state index in [-0.39, 0.29) is 4.48 Å². The van der Waals surface area contributed by atoms with Crippen LogP contribution in [0.15, 0.2) is 42.5 Å². The van der Waals surface area contributed by atoms with Crippen molar-refractivity contribution in [1.29, 1.82) is 0 Å². The van der Waals surface area contributed by atoms with E-state index in [0.29, 0.717) is 5.69 Å². The highest BCUT2D eigenvalue weighted by Crippen LogP contribution is 2.32. The molecule has 0 amide bonds. The average Bonchev–Trinajstić information content (AvgIpc) is 2.25. The molecule has 0 heterocycles. The van der Waals surface area contributed by atoms with Crippen LogP contribution in [0.2, 0.25) is 0 Å². The Morgan fingerprint density at radius 3 is 2.22 bits per heavy atom. The van der Waals surface area contributed by atoms with Gasteiger partial charge < -0.3 is 0 Å². The Bertz CT molecular complexity index is 553. The first-order valence-electron chi connectivity index (χ1n) is 5.68. The second kappa shape index (κ2) is 4.28. The van der Waals surface area contributed by atoms with Crippen molar-refractivity contribution in [3.05, 3.63) is 42.5 Å². The van der Waals surface area contributed by atoms with Crippen LogP contribution in [0.4, 0.5) is 18.9 Å². The van der Waals surface area contributed by atoms with Gasteiger partial charge in [0.2, 0.25) is 0 Å². The van der Waals surface area contributed by atoms with Gasteiger partial charge in [-0.15, -0.1) is 0 Å². The van der Waals surface area contributed by atoms with Crippen molar-refractivity contribution < 1.29 is 13.2 Å². The smallest absolute Gasteiger partial charge is 0.288 e. The summed E-state index contributed by atoms with van der Waals surface area (Å²) in [5, 5.41) is 1.83. The summed E-state index contributed by atoms with van der Waals surface area (Å²) >= 11 is 0. The van der Waals surface area contributed by atoms with Gasteiger partial charge in [0, 0.05) is 5.39 Å². The molecule has 4 heteroatoms. The minimum atomic E-state index is -4.18. The molecule has 0 bridgehead atoms. The van der Waals surface area contributed by atoms with Crippen LogP contribution in [0.3, 0.4) is 0 Å². The monoisotopic (exact) mass is 254 g/mol. The van der Waals surface area contributed by atoms with Gasteiger partial charge in [-0.3, -0.25) is 4.48 Å². The first-order valence-corrected chi connectivity index (χ1v) is 5.68. The maximum absolute atomic E-state index is 12.6. The Morgan fingerprint density at radius 1 is 0.944 bits per heavy atom. The summed E-state index contributed by atoms with van der Waals surface area (Å²) in [7, 11) is 3.16. The number of halogens is 3. The van der Waals surface area contributed by atoms with Crippen LogP contribution < -0.4 is 4.48 Å². The number of rotatable bonds is 2. The van der Waals surface area contributed by atoms with Crippen molar-refractivity contribution in [3.8, 4) is 0 Å². The fourth-order valence-corrected chi connectivity index (χ4v) is 2.27. The van der Waals surface area contributed by atoms with Crippen LogP contribution in [0, 0.1) is 0 Å². The number of hydrogen-bond acceptors (Lipinski definition) is 0. The molecule has 0 spiro atoms. The van der Waals surface area contributed by atoms with Crippen LogP contribution in [0.25, 0.3) is 10.8 Å². The zero-order chi connectivity index (χ0) is 13.4. The summed E-state index contributed by atoms with van der Waals surface area (Å²) in [6, 6.07) is 13.0. The third-order valence-corrected chi connectivity index (χ3v) is 2.99. The lowest BCUT2D eigenvalue weighted by Gasteiger charge is -2.31. The summed E-state index contributed by atoms with van der Waals surface area (Å²) < 4.78 is 37.7. The topological polar surface area (TPSA) is 0 Å². The van der Waals surface area contributed by atoms with Crippen LogP contribution in [0.5, 0.6) is 0 Å². The normalized spacial score (nSPS) is 12.9. The minimum Gasteiger partial charge on any atom is -0.288 e. The second-order valence-electron chi connectivity index (χ2n) is 4.96. The number of fused-ring (bicyclic) bond motifs is 1. The summed E-state index contributed by atoms with van der Waals surface area (Å²) in [5.74, 6) is 0. The van der Waals surface area contributed by atoms with Gasteiger partial charge in [-0.05, 0) is 17.5 Å². The maximum atomic E-state index is 12.6. The third-order valence-electron chi connectivity index (χ3n) is 2.99. The lowest BCUT2D eigenvalue weighted by atomic mass is 10.1. The fraction of sp³-hybridized carbons (Fsp3) is 0.286. The van der Waals surface area contributed by atoms with Crippen molar-refractivity contribution in [3.63, 3.8) is 0 Å². The van der Waals surface area contributed by atoms with Crippen LogP contribution in [-0.2, 0) is 0 Å².